The van der Waals surface area contributed by atoms with Gasteiger partial charge in [-0.05, 0) is 72.0 Å². The number of ether oxygens (including phenoxy) is 5. The summed E-state index contributed by atoms with van der Waals surface area (Å²) in [5, 5.41) is 0.837. The van der Waals surface area contributed by atoms with E-state index in [1.165, 1.54) is 6.07 Å². The van der Waals surface area contributed by atoms with Gasteiger partial charge in [0.2, 0.25) is 5.91 Å². The van der Waals surface area contributed by atoms with Crippen LogP contribution in [-0.2, 0) is 17.6 Å². The zero-order valence-corrected chi connectivity index (χ0v) is 23.8. The average molecular weight is 560 g/mol. The third-order valence-electron chi connectivity index (χ3n) is 7.46. The Balaban J connectivity index is 1.46. The first-order valence-corrected chi connectivity index (χ1v) is 13.3. The molecule has 0 saturated carbocycles. The van der Waals surface area contributed by atoms with Gasteiger partial charge in [0.15, 0.2) is 23.0 Å². The van der Waals surface area contributed by atoms with Crippen molar-refractivity contribution in [3.05, 3.63) is 87.3 Å². The van der Waals surface area contributed by atoms with E-state index >= 15 is 0 Å². The number of carbonyl (C=O) groups is 1. The van der Waals surface area contributed by atoms with Gasteiger partial charge >= 0.3 is 5.63 Å². The number of aryl methyl sites for hydroxylation is 1. The Kier molecular flexibility index (Phi) is 8.05. The van der Waals surface area contributed by atoms with Crippen molar-refractivity contribution >= 4 is 16.9 Å². The van der Waals surface area contributed by atoms with Crippen LogP contribution in [0.5, 0.6) is 28.7 Å². The maximum absolute atomic E-state index is 13.8. The first-order valence-electron chi connectivity index (χ1n) is 13.3. The largest absolute Gasteiger partial charge is 0.493 e. The lowest BCUT2D eigenvalue weighted by atomic mass is 9.91. The van der Waals surface area contributed by atoms with Gasteiger partial charge in [0.25, 0.3) is 0 Å². The molecule has 0 unspecified atom stereocenters. The van der Waals surface area contributed by atoms with Gasteiger partial charge in [-0.25, -0.2) is 4.79 Å². The van der Waals surface area contributed by atoms with Crippen LogP contribution in [-0.4, -0.2) is 52.4 Å². The molecule has 5 rings (SSSR count). The highest BCUT2D eigenvalue weighted by molar-refractivity contribution is 5.81. The molecule has 0 spiro atoms. The van der Waals surface area contributed by atoms with Gasteiger partial charge in [-0.3, -0.25) is 4.79 Å². The van der Waals surface area contributed by atoms with Crippen LogP contribution >= 0.6 is 0 Å². The molecular weight excluding hydrogens is 526 g/mol. The van der Waals surface area contributed by atoms with Crippen molar-refractivity contribution in [1.29, 1.82) is 0 Å². The van der Waals surface area contributed by atoms with Crippen LogP contribution in [0, 0.1) is 6.92 Å². The Hall–Kier alpha value is -4.66. The molecule has 3 aromatic carbocycles. The van der Waals surface area contributed by atoms with Crippen molar-refractivity contribution < 1.29 is 32.9 Å². The SMILES string of the molecule is COc1ccc(CC(=O)N2CCc3cc(OC)c(OC)cc3[C@@H]2COc2ccc3c(C)cc(=O)oc3c2)cc1OC. The highest BCUT2D eigenvalue weighted by Crippen LogP contribution is 2.39. The smallest absolute Gasteiger partial charge is 0.336 e. The molecular formula is C32H33NO8. The first-order chi connectivity index (χ1) is 19.8. The monoisotopic (exact) mass is 559 g/mol. The maximum atomic E-state index is 13.8. The van der Waals surface area contributed by atoms with Crippen LogP contribution in [0.1, 0.15) is 28.3 Å². The third-order valence-corrected chi connectivity index (χ3v) is 7.46. The molecule has 0 radical (unpaired) electrons. The van der Waals surface area contributed by atoms with Gasteiger partial charge < -0.3 is 33.0 Å². The minimum absolute atomic E-state index is 0.0496. The fourth-order valence-electron chi connectivity index (χ4n) is 5.34. The summed E-state index contributed by atoms with van der Waals surface area (Å²) in [6.45, 7) is 2.55. The number of amides is 1. The van der Waals surface area contributed by atoms with Crippen molar-refractivity contribution in [3.63, 3.8) is 0 Å². The molecule has 9 heteroatoms. The fourth-order valence-corrected chi connectivity index (χ4v) is 5.34. The number of hydrogen-bond acceptors (Lipinski definition) is 8. The summed E-state index contributed by atoms with van der Waals surface area (Å²) in [5.41, 5.74) is 3.66. The topological polar surface area (TPSA) is 96.7 Å². The van der Waals surface area contributed by atoms with Gasteiger partial charge in [0, 0.05) is 24.1 Å². The highest BCUT2D eigenvalue weighted by atomic mass is 16.5. The van der Waals surface area contributed by atoms with Gasteiger partial charge in [0.05, 0.1) is 40.9 Å². The number of carbonyl (C=O) groups excluding carboxylic acids is 1. The average Bonchev–Trinajstić information content (AvgIpc) is 2.98. The van der Waals surface area contributed by atoms with E-state index in [-0.39, 0.29) is 18.9 Å². The molecule has 1 aliphatic heterocycles. The van der Waals surface area contributed by atoms with E-state index in [1.54, 1.807) is 40.6 Å². The lowest BCUT2D eigenvalue weighted by molar-refractivity contribution is -0.134. The molecule has 9 nitrogen and oxygen atoms in total. The van der Waals surface area contributed by atoms with Crippen molar-refractivity contribution in [2.45, 2.75) is 25.8 Å². The van der Waals surface area contributed by atoms with Crippen molar-refractivity contribution in [3.8, 4) is 28.7 Å². The van der Waals surface area contributed by atoms with Crippen LogP contribution in [0.2, 0.25) is 0 Å². The number of methoxy groups -OCH3 is 4. The van der Waals surface area contributed by atoms with Crippen molar-refractivity contribution in [2.75, 3.05) is 41.6 Å². The normalized spacial score (nSPS) is 14.4. The maximum Gasteiger partial charge on any atom is 0.336 e. The van der Waals surface area contributed by atoms with E-state index in [1.807, 2.05) is 48.2 Å². The predicted molar refractivity (Wildman–Crippen MR) is 154 cm³/mol. The summed E-state index contributed by atoms with van der Waals surface area (Å²) >= 11 is 0. The molecule has 4 aromatic rings. The van der Waals surface area contributed by atoms with Crippen LogP contribution in [0.25, 0.3) is 11.0 Å². The minimum atomic E-state index is -0.415. The molecule has 0 N–H and O–H groups in total. The van der Waals surface area contributed by atoms with E-state index < -0.39 is 11.7 Å². The summed E-state index contributed by atoms with van der Waals surface area (Å²) < 4.78 is 33.5. The molecule has 1 amide bonds. The molecule has 0 fully saturated rings. The van der Waals surface area contributed by atoms with Gasteiger partial charge in [-0.1, -0.05) is 6.07 Å². The van der Waals surface area contributed by atoms with E-state index in [9.17, 15) is 9.59 Å². The zero-order chi connectivity index (χ0) is 29.1. The number of hydrogen-bond donors (Lipinski definition) is 0. The zero-order valence-electron chi connectivity index (χ0n) is 23.8. The van der Waals surface area contributed by atoms with Crippen molar-refractivity contribution in [1.82, 2.24) is 4.90 Å². The van der Waals surface area contributed by atoms with E-state index in [4.69, 9.17) is 28.1 Å². The predicted octanol–water partition coefficient (Wildman–Crippen LogP) is 4.88. The Morgan fingerprint density at radius 3 is 2.32 bits per heavy atom. The lowest BCUT2D eigenvalue weighted by Crippen LogP contribution is -2.43. The molecule has 0 bridgehead atoms. The van der Waals surface area contributed by atoms with Gasteiger partial charge in [0.1, 0.15) is 17.9 Å². The quantitative estimate of drug-likeness (QED) is 0.268. The highest BCUT2D eigenvalue weighted by Gasteiger charge is 2.33. The second-order valence-electron chi connectivity index (χ2n) is 9.84. The van der Waals surface area contributed by atoms with Crippen molar-refractivity contribution in [2.24, 2.45) is 0 Å². The summed E-state index contributed by atoms with van der Waals surface area (Å²) in [7, 11) is 6.33. The summed E-state index contributed by atoms with van der Waals surface area (Å²) in [5.74, 6) is 2.86. The second-order valence-corrected chi connectivity index (χ2v) is 9.84. The summed E-state index contributed by atoms with van der Waals surface area (Å²) in [6.07, 6.45) is 0.837. The van der Waals surface area contributed by atoms with Gasteiger partial charge in [-0.15, -0.1) is 0 Å². The van der Waals surface area contributed by atoms with Crippen LogP contribution in [0.3, 0.4) is 0 Å². The lowest BCUT2D eigenvalue weighted by Gasteiger charge is -2.37. The molecule has 0 saturated heterocycles. The van der Waals surface area contributed by atoms with Crippen LogP contribution in [0.4, 0.5) is 0 Å². The van der Waals surface area contributed by atoms with E-state index in [0.717, 1.165) is 27.6 Å². The van der Waals surface area contributed by atoms with Gasteiger partial charge in [-0.2, -0.15) is 0 Å². The fraction of sp³-hybridized carbons (Fsp3) is 0.312. The Morgan fingerprint density at radius 1 is 0.878 bits per heavy atom. The summed E-state index contributed by atoms with van der Waals surface area (Å²) in [6, 6.07) is 15.8. The van der Waals surface area contributed by atoms with E-state index in [2.05, 4.69) is 0 Å². The number of rotatable bonds is 9. The Labute approximate surface area is 238 Å². The summed E-state index contributed by atoms with van der Waals surface area (Å²) in [4.78, 5) is 27.5. The first kappa shape index (κ1) is 27.9. The molecule has 1 atom stereocenters. The standard InChI is InChI=1S/C32H33NO8/c1-19-12-32(35)41-27-16-22(7-8-23(19)27)40-18-25-24-17-30(39-5)29(38-4)15-21(24)10-11-33(25)31(34)14-20-6-9-26(36-2)28(13-20)37-3/h6-9,12-13,15-17,25H,10-11,14,18H2,1-5H3/t25-/m0/s1. The minimum Gasteiger partial charge on any atom is -0.493 e. The molecule has 0 aliphatic carbocycles. The number of benzene rings is 3. The van der Waals surface area contributed by atoms with Crippen LogP contribution in [0.15, 0.2) is 63.8 Å². The second kappa shape index (κ2) is 11.8. The molecule has 2 heterocycles. The number of fused-ring (bicyclic) bond motifs is 2. The molecule has 41 heavy (non-hydrogen) atoms. The number of nitrogens with zero attached hydrogens (tertiary/aromatic N) is 1. The molecule has 1 aromatic heterocycles. The van der Waals surface area contributed by atoms with Crippen LogP contribution < -0.4 is 29.3 Å². The molecule has 214 valence electrons. The Morgan fingerprint density at radius 2 is 1.59 bits per heavy atom. The third kappa shape index (κ3) is 5.66. The Bertz CT molecular complexity index is 1640. The molecule has 1 aliphatic rings. The van der Waals surface area contributed by atoms with E-state index in [0.29, 0.717) is 47.3 Å².